The van der Waals surface area contributed by atoms with Crippen LogP contribution in [0.2, 0.25) is 0 Å². The first-order chi connectivity index (χ1) is 8.15. The summed E-state index contributed by atoms with van der Waals surface area (Å²) in [5.41, 5.74) is 1.02. The van der Waals surface area contributed by atoms with Crippen LogP contribution in [0.15, 0.2) is 5.38 Å². The Hall–Kier alpha value is -0.940. The smallest absolute Gasteiger partial charge is 0.223 e. The van der Waals surface area contributed by atoms with Gasteiger partial charge < -0.3 is 10.6 Å². The highest BCUT2D eigenvalue weighted by molar-refractivity contribution is 7.09. The molecule has 2 heterocycles. The van der Waals surface area contributed by atoms with Gasteiger partial charge >= 0.3 is 0 Å². The van der Waals surface area contributed by atoms with Gasteiger partial charge in [-0.15, -0.1) is 11.3 Å². The summed E-state index contributed by atoms with van der Waals surface area (Å²) in [5, 5.41) is 9.33. The van der Waals surface area contributed by atoms with Crippen molar-refractivity contribution in [1.29, 1.82) is 0 Å². The second-order valence-corrected chi connectivity index (χ2v) is 5.62. The monoisotopic (exact) mass is 253 g/mol. The summed E-state index contributed by atoms with van der Waals surface area (Å²) in [7, 11) is 0. The number of carbonyl (C=O) groups is 1. The Kier molecular flexibility index (Phi) is 4.12. The molecule has 0 aromatic carbocycles. The van der Waals surface area contributed by atoms with Gasteiger partial charge in [0.05, 0.1) is 6.54 Å². The number of amides is 1. The van der Waals surface area contributed by atoms with Crippen LogP contribution in [0, 0.1) is 12.8 Å². The molecule has 1 aromatic rings. The second kappa shape index (κ2) is 5.60. The van der Waals surface area contributed by atoms with Gasteiger partial charge in [-0.2, -0.15) is 0 Å². The van der Waals surface area contributed by atoms with Crippen LogP contribution in [0.3, 0.4) is 0 Å². The van der Waals surface area contributed by atoms with Crippen LogP contribution < -0.4 is 10.6 Å². The first-order valence-electron chi connectivity index (χ1n) is 6.07. The van der Waals surface area contributed by atoms with Crippen molar-refractivity contribution >= 4 is 17.2 Å². The van der Waals surface area contributed by atoms with E-state index in [2.05, 4.69) is 22.5 Å². The van der Waals surface area contributed by atoms with Crippen molar-refractivity contribution in [1.82, 2.24) is 15.6 Å². The molecule has 17 heavy (non-hydrogen) atoms. The van der Waals surface area contributed by atoms with E-state index in [1.807, 2.05) is 12.3 Å². The van der Waals surface area contributed by atoms with Crippen molar-refractivity contribution in [3.05, 3.63) is 16.1 Å². The Morgan fingerprint density at radius 1 is 1.71 bits per heavy atom. The maximum atomic E-state index is 12.0. The molecular weight excluding hydrogens is 234 g/mol. The Morgan fingerprint density at radius 3 is 3.18 bits per heavy atom. The zero-order valence-corrected chi connectivity index (χ0v) is 11.1. The van der Waals surface area contributed by atoms with Crippen molar-refractivity contribution in [3.8, 4) is 0 Å². The lowest BCUT2D eigenvalue weighted by molar-refractivity contribution is -0.126. The Morgan fingerprint density at radius 2 is 2.53 bits per heavy atom. The van der Waals surface area contributed by atoms with Gasteiger partial charge in [-0.05, 0) is 33.2 Å². The summed E-state index contributed by atoms with van der Waals surface area (Å²) < 4.78 is 0. The van der Waals surface area contributed by atoms with Crippen molar-refractivity contribution in [2.24, 2.45) is 5.92 Å². The highest BCUT2D eigenvalue weighted by atomic mass is 32.1. The van der Waals surface area contributed by atoms with Crippen molar-refractivity contribution in [2.75, 3.05) is 6.54 Å². The maximum absolute atomic E-state index is 12.0. The molecule has 94 valence electrons. The largest absolute Gasteiger partial charge is 0.349 e. The molecule has 0 unspecified atom stereocenters. The van der Waals surface area contributed by atoms with E-state index < -0.39 is 0 Å². The van der Waals surface area contributed by atoms with Crippen LogP contribution in [-0.2, 0) is 11.3 Å². The molecule has 4 nitrogen and oxygen atoms in total. The van der Waals surface area contributed by atoms with E-state index in [9.17, 15) is 4.79 Å². The molecule has 0 spiro atoms. The molecule has 0 radical (unpaired) electrons. The highest BCUT2D eigenvalue weighted by Crippen LogP contribution is 2.16. The zero-order valence-electron chi connectivity index (χ0n) is 10.3. The van der Waals surface area contributed by atoms with E-state index >= 15 is 0 Å². The summed E-state index contributed by atoms with van der Waals surface area (Å²) in [5.74, 6) is 0.332. The van der Waals surface area contributed by atoms with Gasteiger partial charge in [0.25, 0.3) is 0 Å². The van der Waals surface area contributed by atoms with Gasteiger partial charge in [0.15, 0.2) is 0 Å². The molecule has 0 bridgehead atoms. The van der Waals surface area contributed by atoms with E-state index in [0.717, 1.165) is 30.1 Å². The third kappa shape index (κ3) is 3.51. The Balaban J connectivity index is 1.80. The molecule has 1 aromatic heterocycles. The van der Waals surface area contributed by atoms with Crippen LogP contribution >= 0.6 is 11.3 Å². The average Bonchev–Trinajstić information content (AvgIpc) is 2.72. The van der Waals surface area contributed by atoms with E-state index in [1.165, 1.54) is 0 Å². The molecule has 1 aliphatic heterocycles. The van der Waals surface area contributed by atoms with Gasteiger partial charge in [-0.1, -0.05) is 0 Å². The fourth-order valence-electron chi connectivity index (χ4n) is 2.16. The number of aromatic nitrogens is 1. The molecule has 1 aliphatic rings. The maximum Gasteiger partial charge on any atom is 0.223 e. The molecule has 1 fully saturated rings. The predicted molar refractivity (Wildman–Crippen MR) is 68.9 cm³/mol. The third-order valence-corrected chi connectivity index (χ3v) is 4.04. The molecule has 2 atom stereocenters. The van der Waals surface area contributed by atoms with E-state index in [-0.39, 0.29) is 11.8 Å². The Labute approximate surface area is 106 Å². The van der Waals surface area contributed by atoms with E-state index in [4.69, 9.17) is 0 Å². The van der Waals surface area contributed by atoms with Gasteiger partial charge in [-0.3, -0.25) is 4.79 Å². The highest BCUT2D eigenvalue weighted by Gasteiger charge is 2.24. The molecule has 2 rings (SSSR count). The van der Waals surface area contributed by atoms with E-state index in [1.54, 1.807) is 11.3 Å². The number of hydrogen-bond acceptors (Lipinski definition) is 4. The van der Waals surface area contributed by atoms with Gasteiger partial charge in [0, 0.05) is 23.0 Å². The van der Waals surface area contributed by atoms with Crippen LogP contribution in [0.5, 0.6) is 0 Å². The minimum atomic E-state index is 0.160. The first-order valence-corrected chi connectivity index (χ1v) is 6.95. The molecule has 2 N–H and O–H groups in total. The number of carbonyl (C=O) groups excluding carboxylic acids is 1. The summed E-state index contributed by atoms with van der Waals surface area (Å²) in [4.78, 5) is 16.3. The number of piperidine rings is 1. The van der Waals surface area contributed by atoms with Gasteiger partial charge in [0.1, 0.15) is 5.01 Å². The Bertz CT molecular complexity index is 391. The lowest BCUT2D eigenvalue weighted by atomic mass is 9.92. The standard InChI is InChI=1S/C12H19N3OS/c1-8-5-10(3-4-13-8)12(16)14-6-11-15-9(2)7-17-11/h7-8,10,13H,3-6H2,1-2H3,(H,14,16)/t8-,10-/m0/s1. The molecule has 1 amide bonds. The fraction of sp³-hybridized carbons (Fsp3) is 0.667. The number of rotatable bonds is 3. The zero-order chi connectivity index (χ0) is 12.3. The lowest BCUT2D eigenvalue weighted by Crippen LogP contribution is -2.42. The quantitative estimate of drug-likeness (QED) is 0.857. The molecule has 1 saturated heterocycles. The van der Waals surface area contributed by atoms with Crippen molar-refractivity contribution in [3.63, 3.8) is 0 Å². The summed E-state index contributed by atoms with van der Waals surface area (Å²) in [6.07, 6.45) is 1.87. The first kappa shape index (κ1) is 12.5. The molecule has 0 aliphatic carbocycles. The predicted octanol–water partition coefficient (Wildman–Crippen LogP) is 1.46. The second-order valence-electron chi connectivity index (χ2n) is 4.68. The topological polar surface area (TPSA) is 54.0 Å². The van der Waals surface area contributed by atoms with Crippen LogP contribution in [0.25, 0.3) is 0 Å². The summed E-state index contributed by atoms with van der Waals surface area (Å²) >= 11 is 1.60. The minimum Gasteiger partial charge on any atom is -0.349 e. The lowest BCUT2D eigenvalue weighted by Gasteiger charge is -2.26. The number of aryl methyl sites for hydroxylation is 1. The number of nitrogens with one attached hydrogen (secondary N) is 2. The fourth-order valence-corrected chi connectivity index (χ4v) is 2.87. The van der Waals surface area contributed by atoms with Gasteiger partial charge in [-0.25, -0.2) is 4.98 Å². The normalized spacial score (nSPS) is 24.6. The number of hydrogen-bond donors (Lipinski definition) is 2. The minimum absolute atomic E-state index is 0.160. The van der Waals surface area contributed by atoms with Crippen molar-refractivity contribution < 1.29 is 4.79 Å². The van der Waals surface area contributed by atoms with Crippen LogP contribution in [0.1, 0.15) is 30.5 Å². The SMILES string of the molecule is Cc1csc(CNC(=O)[C@H]2CCN[C@@H](C)C2)n1. The van der Waals surface area contributed by atoms with Gasteiger partial charge in [0.2, 0.25) is 5.91 Å². The summed E-state index contributed by atoms with van der Waals surface area (Å²) in [6.45, 7) is 5.60. The number of thiazole rings is 1. The van der Waals surface area contributed by atoms with Crippen LogP contribution in [0.4, 0.5) is 0 Å². The molecule has 0 saturated carbocycles. The average molecular weight is 253 g/mol. The number of nitrogens with zero attached hydrogens (tertiary/aromatic N) is 1. The van der Waals surface area contributed by atoms with Crippen LogP contribution in [-0.4, -0.2) is 23.5 Å². The molecular formula is C12H19N3OS. The van der Waals surface area contributed by atoms with E-state index in [0.29, 0.717) is 12.6 Å². The van der Waals surface area contributed by atoms with Crippen molar-refractivity contribution in [2.45, 2.75) is 39.3 Å². The third-order valence-electron chi connectivity index (χ3n) is 3.07. The molecule has 5 heteroatoms. The summed E-state index contributed by atoms with van der Waals surface area (Å²) in [6, 6.07) is 0.446.